The fraction of sp³-hybridized carbons (Fsp3) is 0.0833. The number of nitrogen functional groups attached to an aromatic ring is 1. The molecule has 3 heterocycles. The molecule has 0 aliphatic rings. The van der Waals surface area contributed by atoms with Crippen molar-refractivity contribution in [2.45, 2.75) is 13.1 Å². The van der Waals surface area contributed by atoms with Crippen molar-refractivity contribution >= 4 is 22.8 Å². The Hall–Kier alpha value is -4.40. The smallest absolute Gasteiger partial charge is 0.225 e. The van der Waals surface area contributed by atoms with Crippen LogP contribution in [0.25, 0.3) is 22.3 Å². The van der Waals surface area contributed by atoms with Gasteiger partial charge < -0.3 is 11.1 Å². The number of nitrogens with one attached hydrogen (secondary N) is 1. The van der Waals surface area contributed by atoms with Crippen LogP contribution in [0.5, 0.6) is 0 Å². The fourth-order valence-electron chi connectivity index (χ4n) is 3.58. The SMILES string of the molecule is Nc1c2c(-c3cccc(F)c3F)nc(NCc3cccnc3)nc2nn1Cc1ccccc1. The van der Waals surface area contributed by atoms with Crippen LogP contribution in [0.1, 0.15) is 11.1 Å². The van der Waals surface area contributed by atoms with Crippen molar-refractivity contribution in [3.63, 3.8) is 0 Å². The van der Waals surface area contributed by atoms with Gasteiger partial charge in [-0.2, -0.15) is 4.98 Å². The van der Waals surface area contributed by atoms with Crippen LogP contribution in [0, 0.1) is 11.6 Å². The van der Waals surface area contributed by atoms with Gasteiger partial charge in [0.05, 0.1) is 17.6 Å². The van der Waals surface area contributed by atoms with Crippen molar-refractivity contribution in [2.75, 3.05) is 11.1 Å². The average Bonchev–Trinajstić information content (AvgIpc) is 3.15. The summed E-state index contributed by atoms with van der Waals surface area (Å²) in [6, 6.07) is 17.3. The van der Waals surface area contributed by atoms with Gasteiger partial charge in [0.25, 0.3) is 0 Å². The number of hydrogen-bond acceptors (Lipinski definition) is 6. The first kappa shape index (κ1) is 20.5. The summed E-state index contributed by atoms with van der Waals surface area (Å²) < 4.78 is 30.4. The lowest BCUT2D eigenvalue weighted by Gasteiger charge is -2.09. The molecule has 164 valence electrons. The second kappa shape index (κ2) is 8.62. The Bertz CT molecular complexity index is 1420. The normalized spacial score (nSPS) is 11.1. The Balaban J connectivity index is 1.63. The number of hydrogen-bond donors (Lipinski definition) is 2. The van der Waals surface area contributed by atoms with E-state index in [-0.39, 0.29) is 28.7 Å². The summed E-state index contributed by atoms with van der Waals surface area (Å²) in [6.07, 6.45) is 3.39. The molecule has 9 heteroatoms. The van der Waals surface area contributed by atoms with Gasteiger partial charge in [-0.1, -0.05) is 42.5 Å². The van der Waals surface area contributed by atoms with E-state index in [0.29, 0.717) is 18.5 Å². The summed E-state index contributed by atoms with van der Waals surface area (Å²) >= 11 is 0. The fourth-order valence-corrected chi connectivity index (χ4v) is 3.58. The van der Waals surface area contributed by atoms with Gasteiger partial charge in [-0.3, -0.25) is 4.98 Å². The van der Waals surface area contributed by atoms with E-state index in [4.69, 9.17) is 5.73 Å². The lowest BCUT2D eigenvalue weighted by Crippen LogP contribution is -2.06. The molecule has 2 aromatic carbocycles. The third-order valence-corrected chi connectivity index (χ3v) is 5.19. The van der Waals surface area contributed by atoms with Crippen molar-refractivity contribution in [1.82, 2.24) is 24.7 Å². The van der Waals surface area contributed by atoms with Crippen molar-refractivity contribution in [2.24, 2.45) is 0 Å². The van der Waals surface area contributed by atoms with Crippen LogP contribution >= 0.6 is 0 Å². The Morgan fingerprint density at radius 3 is 2.52 bits per heavy atom. The second-order valence-electron chi connectivity index (χ2n) is 7.44. The molecular formula is C24H19F2N7. The predicted octanol–water partition coefficient (Wildman–Crippen LogP) is 4.41. The topological polar surface area (TPSA) is 94.5 Å². The maximum atomic E-state index is 14.8. The molecule has 5 rings (SSSR count). The minimum Gasteiger partial charge on any atom is -0.383 e. The summed E-state index contributed by atoms with van der Waals surface area (Å²) in [5.41, 5.74) is 8.74. The highest BCUT2D eigenvalue weighted by molar-refractivity contribution is 5.99. The van der Waals surface area contributed by atoms with Crippen molar-refractivity contribution in [1.29, 1.82) is 0 Å². The van der Waals surface area contributed by atoms with Crippen LogP contribution in [0.3, 0.4) is 0 Å². The second-order valence-corrected chi connectivity index (χ2v) is 7.44. The van der Waals surface area contributed by atoms with Crippen LogP contribution in [0.4, 0.5) is 20.5 Å². The first-order chi connectivity index (χ1) is 16.1. The quantitative estimate of drug-likeness (QED) is 0.404. The zero-order chi connectivity index (χ0) is 22.8. The molecule has 0 fully saturated rings. The van der Waals surface area contributed by atoms with Gasteiger partial charge in [-0.05, 0) is 29.3 Å². The molecule has 0 aliphatic carbocycles. The van der Waals surface area contributed by atoms with Crippen molar-refractivity contribution in [3.8, 4) is 11.3 Å². The largest absolute Gasteiger partial charge is 0.383 e. The number of benzene rings is 2. The first-order valence-electron chi connectivity index (χ1n) is 10.3. The molecule has 0 aliphatic heterocycles. The molecular weight excluding hydrogens is 424 g/mol. The summed E-state index contributed by atoms with van der Waals surface area (Å²) in [6.45, 7) is 0.789. The highest BCUT2D eigenvalue weighted by Crippen LogP contribution is 2.33. The highest BCUT2D eigenvalue weighted by atomic mass is 19.2. The molecule has 7 nitrogen and oxygen atoms in total. The number of pyridine rings is 1. The van der Waals surface area contributed by atoms with E-state index in [1.165, 1.54) is 12.1 Å². The molecule has 0 bridgehead atoms. The van der Waals surface area contributed by atoms with E-state index in [9.17, 15) is 8.78 Å². The summed E-state index contributed by atoms with van der Waals surface area (Å²) in [4.78, 5) is 13.1. The van der Waals surface area contributed by atoms with Crippen LogP contribution < -0.4 is 11.1 Å². The van der Waals surface area contributed by atoms with Crippen molar-refractivity contribution in [3.05, 3.63) is 95.8 Å². The van der Waals surface area contributed by atoms with E-state index in [0.717, 1.165) is 17.2 Å². The van der Waals surface area contributed by atoms with Gasteiger partial charge >= 0.3 is 0 Å². The number of rotatable bonds is 6. The maximum absolute atomic E-state index is 14.8. The van der Waals surface area contributed by atoms with Crippen LogP contribution in [-0.2, 0) is 13.1 Å². The number of aromatic nitrogens is 5. The molecule has 0 saturated heterocycles. The summed E-state index contributed by atoms with van der Waals surface area (Å²) in [5, 5.41) is 8.00. The summed E-state index contributed by atoms with van der Waals surface area (Å²) in [7, 11) is 0. The lowest BCUT2D eigenvalue weighted by atomic mass is 10.1. The van der Waals surface area contributed by atoms with E-state index in [1.807, 2.05) is 42.5 Å². The third-order valence-electron chi connectivity index (χ3n) is 5.19. The number of halogens is 2. The van der Waals surface area contributed by atoms with Gasteiger partial charge in [-0.15, -0.1) is 5.10 Å². The van der Waals surface area contributed by atoms with Gasteiger partial charge in [0, 0.05) is 24.5 Å². The monoisotopic (exact) mass is 443 g/mol. The van der Waals surface area contributed by atoms with Crippen LogP contribution in [0.15, 0.2) is 73.1 Å². The van der Waals surface area contributed by atoms with Crippen LogP contribution in [0.2, 0.25) is 0 Å². The number of anilines is 2. The number of fused-ring (bicyclic) bond motifs is 1. The standard InChI is InChI=1S/C24H19F2N7/c25-18-10-4-9-17(20(18)26)21-19-22(27)33(14-15-6-2-1-3-7-15)32-23(19)31-24(30-21)29-13-16-8-5-11-28-12-16/h1-12H,13-14,27H2,(H,29,31,32). The van der Waals surface area contributed by atoms with Crippen LogP contribution in [-0.4, -0.2) is 24.7 Å². The molecule has 0 saturated carbocycles. The molecule has 0 unspecified atom stereocenters. The Kier molecular flexibility index (Phi) is 5.35. The van der Waals surface area contributed by atoms with E-state index >= 15 is 0 Å². The predicted molar refractivity (Wildman–Crippen MR) is 122 cm³/mol. The molecule has 0 radical (unpaired) electrons. The molecule has 3 aromatic heterocycles. The molecule has 5 aromatic rings. The zero-order valence-electron chi connectivity index (χ0n) is 17.4. The lowest BCUT2D eigenvalue weighted by molar-refractivity contribution is 0.511. The van der Waals surface area contributed by atoms with E-state index in [2.05, 4.69) is 25.4 Å². The minimum absolute atomic E-state index is 0.0159. The van der Waals surface area contributed by atoms with Gasteiger partial charge in [-0.25, -0.2) is 18.4 Å². The van der Waals surface area contributed by atoms with E-state index < -0.39 is 11.6 Å². The molecule has 33 heavy (non-hydrogen) atoms. The molecule has 0 atom stereocenters. The Labute approximate surface area is 188 Å². The zero-order valence-corrected chi connectivity index (χ0v) is 17.4. The van der Waals surface area contributed by atoms with Crippen molar-refractivity contribution < 1.29 is 8.78 Å². The number of nitrogens with zero attached hydrogens (tertiary/aromatic N) is 5. The van der Waals surface area contributed by atoms with Gasteiger partial charge in [0.15, 0.2) is 17.3 Å². The molecule has 3 N–H and O–H groups in total. The number of nitrogens with two attached hydrogens (primary N) is 1. The average molecular weight is 443 g/mol. The molecule has 0 spiro atoms. The summed E-state index contributed by atoms with van der Waals surface area (Å²) in [5.74, 6) is -1.49. The van der Waals surface area contributed by atoms with Gasteiger partial charge in [0.2, 0.25) is 5.95 Å². The maximum Gasteiger partial charge on any atom is 0.225 e. The minimum atomic E-state index is -1.01. The van der Waals surface area contributed by atoms with Gasteiger partial charge in [0.1, 0.15) is 5.82 Å². The third kappa shape index (κ3) is 4.08. The van der Waals surface area contributed by atoms with E-state index in [1.54, 1.807) is 17.1 Å². The first-order valence-corrected chi connectivity index (χ1v) is 10.3. The Morgan fingerprint density at radius 2 is 1.73 bits per heavy atom. The Morgan fingerprint density at radius 1 is 0.909 bits per heavy atom. The molecule has 0 amide bonds. The highest BCUT2D eigenvalue weighted by Gasteiger charge is 2.21.